The first-order chi connectivity index (χ1) is 11.0. The summed E-state index contributed by atoms with van der Waals surface area (Å²) in [7, 11) is 0. The van der Waals surface area contributed by atoms with E-state index in [9.17, 15) is 9.59 Å². The molecule has 4 rings (SSSR count). The van der Waals surface area contributed by atoms with Gasteiger partial charge < -0.3 is 9.52 Å². The van der Waals surface area contributed by atoms with E-state index in [2.05, 4.69) is 9.97 Å². The smallest absolute Gasteiger partial charge is 0.417 e. The summed E-state index contributed by atoms with van der Waals surface area (Å²) < 4.78 is 6.99. The van der Waals surface area contributed by atoms with E-state index < -0.39 is 11.7 Å². The lowest BCUT2D eigenvalue weighted by molar-refractivity contribution is -0.136. The number of oxazole rings is 1. The lowest BCUT2D eigenvalue weighted by Crippen LogP contribution is -1.99. The van der Waals surface area contributed by atoms with Gasteiger partial charge in [-0.05, 0) is 19.1 Å². The third kappa shape index (κ3) is 2.23. The van der Waals surface area contributed by atoms with E-state index in [1.165, 1.54) is 11.3 Å². The van der Waals surface area contributed by atoms with Crippen LogP contribution < -0.4 is 5.76 Å². The van der Waals surface area contributed by atoms with Gasteiger partial charge in [-0.1, -0.05) is 6.07 Å². The predicted molar refractivity (Wildman–Crippen MR) is 85.0 cm³/mol. The number of hydrogen-bond acceptors (Lipinski definition) is 5. The second-order valence-corrected chi connectivity index (χ2v) is 6.37. The average molecular weight is 329 g/mol. The van der Waals surface area contributed by atoms with Crippen molar-refractivity contribution < 1.29 is 14.3 Å². The molecule has 4 aromatic rings. The fourth-order valence-corrected chi connectivity index (χ4v) is 3.66. The van der Waals surface area contributed by atoms with Crippen molar-refractivity contribution in [1.29, 1.82) is 0 Å². The molecule has 3 heterocycles. The number of benzene rings is 1. The topological polar surface area (TPSA) is 101 Å². The number of nitrogens with zero attached hydrogens (tertiary/aromatic N) is 2. The molecule has 0 aliphatic carbocycles. The molecule has 0 unspecified atom stereocenters. The second-order valence-electron chi connectivity index (χ2n) is 5.19. The number of aryl methyl sites for hydroxylation is 1. The first-order valence-corrected chi connectivity index (χ1v) is 7.65. The number of thiazole rings is 1. The maximum atomic E-state index is 11.3. The number of carboxylic acids is 1. The molecular formula is C15H11N3O4S. The van der Waals surface area contributed by atoms with Crippen LogP contribution in [0.25, 0.3) is 27.3 Å². The zero-order chi connectivity index (χ0) is 16.1. The van der Waals surface area contributed by atoms with Crippen molar-refractivity contribution in [3.8, 4) is 11.3 Å². The minimum Gasteiger partial charge on any atom is -0.481 e. The number of aliphatic carboxylic acids is 1. The Morgan fingerprint density at radius 2 is 2.30 bits per heavy atom. The minimum atomic E-state index is -0.912. The van der Waals surface area contributed by atoms with Crippen molar-refractivity contribution in [3.63, 3.8) is 0 Å². The molecule has 0 saturated carbocycles. The molecule has 23 heavy (non-hydrogen) atoms. The Kier molecular flexibility index (Phi) is 2.88. The summed E-state index contributed by atoms with van der Waals surface area (Å²) in [6.45, 7) is 1.98. The van der Waals surface area contributed by atoms with Gasteiger partial charge in [0.15, 0.2) is 10.5 Å². The third-order valence-electron chi connectivity index (χ3n) is 3.57. The molecule has 0 amide bonds. The van der Waals surface area contributed by atoms with Crippen LogP contribution in [0.4, 0.5) is 0 Å². The van der Waals surface area contributed by atoms with Crippen LogP contribution in [0.3, 0.4) is 0 Å². The van der Waals surface area contributed by atoms with Crippen molar-refractivity contribution in [2.75, 3.05) is 0 Å². The SMILES string of the molecule is Cc1sc2nc(CC(=O)O)cn2c1-c1ccc2[nH]c(=O)oc2c1. The van der Waals surface area contributed by atoms with Crippen molar-refractivity contribution in [2.24, 2.45) is 0 Å². The van der Waals surface area contributed by atoms with Gasteiger partial charge in [0.1, 0.15) is 0 Å². The summed E-state index contributed by atoms with van der Waals surface area (Å²) in [5.41, 5.74) is 3.43. The van der Waals surface area contributed by atoms with E-state index in [1.54, 1.807) is 18.3 Å². The van der Waals surface area contributed by atoms with Gasteiger partial charge in [0.25, 0.3) is 0 Å². The summed E-state index contributed by atoms with van der Waals surface area (Å²) in [6, 6.07) is 5.46. The van der Waals surface area contributed by atoms with E-state index in [-0.39, 0.29) is 6.42 Å². The van der Waals surface area contributed by atoms with Gasteiger partial charge in [-0.2, -0.15) is 0 Å². The molecule has 7 nitrogen and oxygen atoms in total. The van der Waals surface area contributed by atoms with Crippen LogP contribution in [0.1, 0.15) is 10.6 Å². The number of fused-ring (bicyclic) bond motifs is 2. The van der Waals surface area contributed by atoms with Gasteiger partial charge in [-0.25, -0.2) is 9.78 Å². The number of aromatic amines is 1. The Morgan fingerprint density at radius 1 is 1.48 bits per heavy atom. The highest BCUT2D eigenvalue weighted by atomic mass is 32.1. The molecule has 3 aromatic heterocycles. The molecule has 0 bridgehead atoms. The van der Waals surface area contributed by atoms with Crippen molar-refractivity contribution >= 4 is 33.4 Å². The number of H-pyrrole nitrogens is 1. The van der Waals surface area contributed by atoms with Crippen LogP contribution in [0.5, 0.6) is 0 Å². The van der Waals surface area contributed by atoms with Gasteiger partial charge >= 0.3 is 11.7 Å². The summed E-state index contributed by atoms with van der Waals surface area (Å²) >= 11 is 1.49. The lowest BCUT2D eigenvalue weighted by atomic mass is 10.1. The number of carbonyl (C=O) groups is 1. The number of aromatic nitrogens is 3. The highest BCUT2D eigenvalue weighted by molar-refractivity contribution is 7.17. The fourth-order valence-electron chi connectivity index (χ4n) is 2.67. The van der Waals surface area contributed by atoms with Gasteiger partial charge in [0.2, 0.25) is 0 Å². The summed E-state index contributed by atoms with van der Waals surface area (Å²) in [5.74, 6) is -1.40. The maximum absolute atomic E-state index is 11.3. The predicted octanol–water partition coefficient (Wildman–Crippen LogP) is 2.43. The monoisotopic (exact) mass is 329 g/mol. The van der Waals surface area contributed by atoms with E-state index in [1.807, 2.05) is 17.4 Å². The van der Waals surface area contributed by atoms with Crippen LogP contribution >= 0.6 is 11.3 Å². The molecule has 0 fully saturated rings. The molecule has 0 aliphatic heterocycles. The number of imidazole rings is 1. The van der Waals surface area contributed by atoms with Crippen LogP contribution in [0.15, 0.2) is 33.6 Å². The fraction of sp³-hybridized carbons (Fsp3) is 0.133. The van der Waals surface area contributed by atoms with Gasteiger partial charge in [0, 0.05) is 16.6 Å². The lowest BCUT2D eigenvalue weighted by Gasteiger charge is -2.02. The highest BCUT2D eigenvalue weighted by Gasteiger charge is 2.16. The quantitative estimate of drug-likeness (QED) is 0.601. The summed E-state index contributed by atoms with van der Waals surface area (Å²) in [5, 5.41) is 8.90. The first-order valence-electron chi connectivity index (χ1n) is 6.83. The van der Waals surface area contributed by atoms with Gasteiger partial charge in [0.05, 0.1) is 23.3 Å². The largest absolute Gasteiger partial charge is 0.481 e. The molecule has 116 valence electrons. The Morgan fingerprint density at radius 3 is 3.09 bits per heavy atom. The zero-order valence-corrected chi connectivity index (χ0v) is 12.8. The van der Waals surface area contributed by atoms with Crippen molar-refractivity contribution in [3.05, 3.63) is 45.5 Å². The molecular weight excluding hydrogens is 318 g/mol. The molecule has 0 saturated heterocycles. The number of rotatable bonds is 3. The Balaban J connectivity index is 1.91. The van der Waals surface area contributed by atoms with E-state index in [4.69, 9.17) is 9.52 Å². The maximum Gasteiger partial charge on any atom is 0.417 e. The third-order valence-corrected chi connectivity index (χ3v) is 4.54. The number of hydrogen-bond donors (Lipinski definition) is 2. The van der Waals surface area contributed by atoms with Crippen molar-refractivity contribution in [1.82, 2.24) is 14.4 Å². The van der Waals surface area contributed by atoms with Crippen molar-refractivity contribution in [2.45, 2.75) is 13.3 Å². The molecule has 2 N–H and O–H groups in total. The molecule has 8 heteroatoms. The zero-order valence-electron chi connectivity index (χ0n) is 12.0. The molecule has 0 radical (unpaired) electrons. The normalized spacial score (nSPS) is 11.5. The van der Waals surface area contributed by atoms with Gasteiger partial charge in [-0.3, -0.25) is 14.2 Å². The van der Waals surface area contributed by atoms with Crippen LogP contribution in [0, 0.1) is 6.92 Å². The standard InChI is InChI=1S/C15H11N3O4S/c1-7-13(8-2-3-10-11(4-8)22-15(21)17-10)18-6-9(5-12(19)20)16-14(18)23-7/h2-4,6H,5H2,1H3,(H,17,21)(H,19,20). The Bertz CT molecular complexity index is 1120. The average Bonchev–Trinajstić information content (AvgIpc) is 3.08. The van der Waals surface area contributed by atoms with Gasteiger partial charge in [-0.15, -0.1) is 11.3 Å². The first kappa shape index (κ1) is 13.8. The molecule has 0 aliphatic rings. The molecule has 0 spiro atoms. The Labute approximate surface area is 132 Å². The number of carboxylic acid groups (broad SMARTS) is 1. The van der Waals surface area contributed by atoms with Crippen LogP contribution in [-0.4, -0.2) is 25.4 Å². The van der Waals surface area contributed by atoms with Crippen LogP contribution in [-0.2, 0) is 11.2 Å². The highest BCUT2D eigenvalue weighted by Crippen LogP contribution is 2.32. The van der Waals surface area contributed by atoms with E-state index in [0.29, 0.717) is 16.8 Å². The number of nitrogens with one attached hydrogen (secondary N) is 1. The minimum absolute atomic E-state index is 0.112. The molecule has 0 atom stereocenters. The molecule has 1 aromatic carbocycles. The van der Waals surface area contributed by atoms with E-state index in [0.717, 1.165) is 21.1 Å². The summed E-state index contributed by atoms with van der Waals surface area (Å²) in [4.78, 5) is 30.9. The van der Waals surface area contributed by atoms with Crippen LogP contribution in [0.2, 0.25) is 0 Å². The van der Waals surface area contributed by atoms with E-state index >= 15 is 0 Å². The second kappa shape index (κ2) is 4.82. The Hall–Kier alpha value is -2.87. The summed E-state index contributed by atoms with van der Waals surface area (Å²) in [6.07, 6.45) is 1.62.